The summed E-state index contributed by atoms with van der Waals surface area (Å²) in [6.07, 6.45) is 3.99. The predicted octanol–water partition coefficient (Wildman–Crippen LogP) is 8.59. The first-order chi connectivity index (χ1) is 16.4. The van der Waals surface area contributed by atoms with E-state index in [4.69, 9.17) is 4.74 Å². The Kier molecular flexibility index (Phi) is 7.27. The van der Waals surface area contributed by atoms with Gasteiger partial charge in [0.15, 0.2) is 29.1 Å². The molecule has 0 radical (unpaired) electrons. The van der Waals surface area contributed by atoms with Crippen molar-refractivity contribution in [1.29, 1.82) is 0 Å². The third-order valence-electron chi connectivity index (χ3n) is 6.03. The predicted molar refractivity (Wildman–Crippen MR) is 123 cm³/mol. The summed E-state index contributed by atoms with van der Waals surface area (Å²) in [5, 5.41) is 0. The van der Waals surface area contributed by atoms with Gasteiger partial charge in [0.25, 0.3) is 0 Å². The average molecular weight is 470 g/mol. The van der Waals surface area contributed by atoms with E-state index >= 15 is 0 Å². The van der Waals surface area contributed by atoms with Crippen molar-refractivity contribution in [2.45, 2.75) is 31.8 Å². The lowest BCUT2D eigenvalue weighted by atomic mass is 9.88. The van der Waals surface area contributed by atoms with Gasteiger partial charge in [-0.2, -0.15) is 0 Å². The molecule has 0 amide bonds. The monoisotopic (exact) mass is 470 g/mol. The van der Waals surface area contributed by atoms with Gasteiger partial charge in [-0.25, -0.2) is 22.0 Å². The summed E-state index contributed by atoms with van der Waals surface area (Å²) in [5.74, 6) is -5.58. The van der Waals surface area contributed by atoms with Gasteiger partial charge >= 0.3 is 0 Å². The van der Waals surface area contributed by atoms with Crippen molar-refractivity contribution in [3.05, 3.63) is 113 Å². The highest BCUT2D eigenvalue weighted by molar-refractivity contribution is 5.64. The van der Waals surface area contributed by atoms with Crippen LogP contribution in [0.4, 0.5) is 22.0 Å². The second-order valence-electron chi connectivity index (χ2n) is 8.26. The molecule has 3 aromatic rings. The summed E-state index contributed by atoms with van der Waals surface area (Å²) in [4.78, 5) is 0. The fourth-order valence-electron chi connectivity index (χ4n) is 4.15. The van der Waals surface area contributed by atoms with Gasteiger partial charge in [-0.05, 0) is 60.2 Å². The van der Waals surface area contributed by atoms with Crippen molar-refractivity contribution in [3.63, 3.8) is 0 Å². The van der Waals surface area contributed by atoms with Gasteiger partial charge < -0.3 is 4.74 Å². The average Bonchev–Trinajstić information content (AvgIpc) is 2.87. The maximum Gasteiger partial charge on any atom is 0.194 e. The maximum atomic E-state index is 14.1. The fourth-order valence-corrected chi connectivity index (χ4v) is 4.15. The molecule has 0 saturated carbocycles. The molecule has 0 bridgehead atoms. The van der Waals surface area contributed by atoms with E-state index in [1.807, 2.05) is 12.1 Å². The smallest absolute Gasteiger partial charge is 0.194 e. The molecule has 1 fully saturated rings. The number of allylic oxidation sites excluding steroid dienone is 3. The first-order valence-electron chi connectivity index (χ1n) is 11.0. The minimum absolute atomic E-state index is 0.137. The highest BCUT2D eigenvalue weighted by atomic mass is 19.2. The lowest BCUT2D eigenvalue weighted by Crippen LogP contribution is -2.19. The largest absolute Gasteiger partial charge is 0.373 e. The van der Waals surface area contributed by atoms with Crippen LogP contribution >= 0.6 is 0 Å². The molecule has 0 spiro atoms. The van der Waals surface area contributed by atoms with Gasteiger partial charge in [-0.15, -0.1) is 0 Å². The van der Waals surface area contributed by atoms with E-state index in [2.05, 4.69) is 0 Å². The molecule has 1 heterocycles. The van der Waals surface area contributed by atoms with Crippen molar-refractivity contribution in [3.8, 4) is 11.1 Å². The molecule has 34 heavy (non-hydrogen) atoms. The first-order valence-corrected chi connectivity index (χ1v) is 11.0. The molecular weight excluding hydrogens is 447 g/mol. The summed E-state index contributed by atoms with van der Waals surface area (Å²) in [5.41, 5.74) is 2.96. The van der Waals surface area contributed by atoms with Crippen LogP contribution in [0.15, 0.2) is 78.6 Å². The van der Waals surface area contributed by atoms with Crippen molar-refractivity contribution >= 4 is 5.83 Å². The van der Waals surface area contributed by atoms with Crippen molar-refractivity contribution in [2.75, 3.05) is 6.61 Å². The topological polar surface area (TPSA) is 9.23 Å². The Morgan fingerprint density at radius 3 is 2.00 bits per heavy atom. The molecule has 0 N–H and O–H groups in total. The lowest BCUT2D eigenvalue weighted by Gasteiger charge is -2.30. The minimum atomic E-state index is -1.48. The number of hydrogen-bond donors (Lipinski definition) is 0. The van der Waals surface area contributed by atoms with Crippen LogP contribution in [0.2, 0.25) is 0 Å². The Morgan fingerprint density at radius 2 is 1.44 bits per heavy atom. The van der Waals surface area contributed by atoms with Crippen molar-refractivity contribution < 1.29 is 26.7 Å². The van der Waals surface area contributed by atoms with E-state index < -0.39 is 29.1 Å². The van der Waals surface area contributed by atoms with E-state index in [1.165, 1.54) is 6.08 Å². The van der Waals surface area contributed by atoms with Gasteiger partial charge in [-0.3, -0.25) is 0 Å². The zero-order valence-electron chi connectivity index (χ0n) is 18.5. The lowest BCUT2D eigenvalue weighted by molar-refractivity contribution is 0.00238. The number of hydrogen-bond acceptors (Lipinski definition) is 1. The highest BCUT2D eigenvalue weighted by Crippen LogP contribution is 2.36. The standard InChI is InChI=1S/C28H23F5O/c1-2-3-23(29)27(32)20-10-8-19(9-11-20)26-13-12-21(16-34-26)17-4-6-18(7-5-17)22-14-24(30)28(33)25(31)15-22/h2-11,14-15,21,26H,12-13,16H2,1H3/b3-2+,27-23+. The second kappa shape index (κ2) is 10.3. The maximum absolute atomic E-state index is 14.1. The minimum Gasteiger partial charge on any atom is -0.373 e. The Balaban J connectivity index is 1.40. The van der Waals surface area contributed by atoms with Gasteiger partial charge in [0.2, 0.25) is 0 Å². The Bertz CT molecular complexity index is 1180. The van der Waals surface area contributed by atoms with Crippen LogP contribution in [0.3, 0.4) is 0 Å². The number of rotatable bonds is 5. The van der Waals surface area contributed by atoms with Gasteiger partial charge in [0.05, 0.1) is 12.7 Å². The Hall–Kier alpha value is -3.25. The molecule has 4 rings (SSSR count). The van der Waals surface area contributed by atoms with Gasteiger partial charge in [0, 0.05) is 11.5 Å². The van der Waals surface area contributed by atoms with Crippen LogP contribution < -0.4 is 0 Å². The zero-order valence-corrected chi connectivity index (χ0v) is 18.5. The van der Waals surface area contributed by atoms with Crippen molar-refractivity contribution in [1.82, 2.24) is 0 Å². The molecule has 1 nitrogen and oxygen atoms in total. The molecule has 2 unspecified atom stereocenters. The van der Waals surface area contributed by atoms with Gasteiger partial charge in [-0.1, -0.05) is 54.6 Å². The molecule has 1 aliphatic heterocycles. The third kappa shape index (κ3) is 5.12. The Labute approximate surface area is 195 Å². The van der Waals surface area contributed by atoms with Crippen LogP contribution in [0.1, 0.15) is 48.5 Å². The molecule has 1 saturated heterocycles. The highest BCUT2D eigenvalue weighted by Gasteiger charge is 2.24. The molecule has 0 aromatic heterocycles. The zero-order chi connectivity index (χ0) is 24.2. The second-order valence-corrected chi connectivity index (χ2v) is 8.26. The van der Waals surface area contributed by atoms with Crippen LogP contribution in [-0.2, 0) is 4.74 Å². The van der Waals surface area contributed by atoms with Crippen LogP contribution in [0, 0.1) is 17.5 Å². The molecule has 6 heteroatoms. The molecule has 3 aromatic carbocycles. The number of benzene rings is 3. The molecule has 2 atom stereocenters. The molecule has 0 aliphatic carbocycles. The van der Waals surface area contributed by atoms with E-state index in [9.17, 15) is 22.0 Å². The SMILES string of the molecule is C/C=C/C(F)=C(\F)c1ccc(C2CCC(c3ccc(-c4cc(F)c(F)c(F)c4)cc3)CO2)cc1. The first kappa shape index (κ1) is 23.9. The number of halogens is 5. The Morgan fingerprint density at radius 1 is 0.824 bits per heavy atom. The van der Waals surface area contributed by atoms with E-state index in [-0.39, 0.29) is 23.1 Å². The summed E-state index contributed by atoms with van der Waals surface area (Å²) in [6.45, 7) is 2.10. The quantitative estimate of drug-likeness (QED) is 0.206. The summed E-state index contributed by atoms with van der Waals surface area (Å²) < 4.78 is 74.1. The van der Waals surface area contributed by atoms with E-state index in [0.717, 1.165) is 42.2 Å². The fraction of sp³-hybridized carbons (Fsp3) is 0.214. The van der Waals surface area contributed by atoms with Gasteiger partial charge in [0.1, 0.15) is 0 Å². The van der Waals surface area contributed by atoms with E-state index in [0.29, 0.717) is 12.2 Å². The van der Waals surface area contributed by atoms with Crippen molar-refractivity contribution in [2.24, 2.45) is 0 Å². The molecule has 176 valence electrons. The normalized spacial score (nSPS) is 19.4. The summed E-state index contributed by atoms with van der Waals surface area (Å²) in [6, 6.07) is 15.8. The van der Waals surface area contributed by atoms with Crippen LogP contribution in [-0.4, -0.2) is 6.61 Å². The molecule has 1 aliphatic rings. The van der Waals surface area contributed by atoms with Crippen LogP contribution in [0.5, 0.6) is 0 Å². The summed E-state index contributed by atoms with van der Waals surface area (Å²) in [7, 11) is 0. The summed E-state index contributed by atoms with van der Waals surface area (Å²) >= 11 is 0. The van der Waals surface area contributed by atoms with E-state index in [1.54, 1.807) is 43.3 Å². The molecular formula is C28H23F5O. The number of ether oxygens (including phenoxy) is 1. The third-order valence-corrected chi connectivity index (χ3v) is 6.03. The van der Waals surface area contributed by atoms with Crippen LogP contribution in [0.25, 0.3) is 17.0 Å².